The van der Waals surface area contributed by atoms with E-state index in [-0.39, 0.29) is 11.5 Å². The van der Waals surface area contributed by atoms with Crippen LogP contribution in [0.1, 0.15) is 28.4 Å². The molecule has 138 valence electrons. The minimum Gasteiger partial charge on any atom is -0.504 e. The number of phenolic OH excluding ortho intramolecular Hbond substituents is 1. The summed E-state index contributed by atoms with van der Waals surface area (Å²) in [6.45, 7) is 2.10. The van der Waals surface area contributed by atoms with E-state index in [9.17, 15) is 23.1 Å². The molecule has 2 rings (SSSR count). The third kappa shape index (κ3) is 4.87. The summed E-state index contributed by atoms with van der Waals surface area (Å²) in [6.07, 6.45) is -3.39. The Bertz CT molecular complexity index is 838. The molecule has 2 aromatic carbocycles. The first-order chi connectivity index (χ1) is 12.2. The zero-order valence-corrected chi connectivity index (χ0v) is 15.6. The summed E-state index contributed by atoms with van der Waals surface area (Å²) >= 11 is 1.90. The van der Waals surface area contributed by atoms with E-state index >= 15 is 0 Å². The zero-order valence-electron chi connectivity index (χ0n) is 13.5. The molecule has 0 fully saturated rings. The van der Waals surface area contributed by atoms with Crippen molar-refractivity contribution in [3.63, 3.8) is 0 Å². The summed E-state index contributed by atoms with van der Waals surface area (Å²) in [5.41, 5.74) is 1.01. The molecule has 2 N–H and O–H groups in total. The lowest BCUT2D eigenvalue weighted by Crippen LogP contribution is -2.22. The van der Waals surface area contributed by atoms with E-state index in [1.54, 1.807) is 13.0 Å². The molecule has 0 heterocycles. The van der Waals surface area contributed by atoms with Gasteiger partial charge in [0, 0.05) is 0 Å². The predicted octanol–water partition coefficient (Wildman–Crippen LogP) is 4.18. The Morgan fingerprint density at radius 3 is 2.69 bits per heavy atom. The summed E-state index contributed by atoms with van der Waals surface area (Å²) < 4.78 is 44.6. The molecule has 0 aliphatic heterocycles. The molecule has 0 aromatic heterocycles. The van der Waals surface area contributed by atoms with Gasteiger partial charge in [0.2, 0.25) is 0 Å². The number of alkyl halides is 3. The third-order valence-corrected chi connectivity index (χ3v) is 4.03. The molecule has 2 aromatic rings. The van der Waals surface area contributed by atoms with Gasteiger partial charge in [-0.05, 0) is 59.3 Å². The minimum absolute atomic E-state index is 0.0206. The van der Waals surface area contributed by atoms with E-state index in [4.69, 9.17) is 4.74 Å². The van der Waals surface area contributed by atoms with Crippen molar-refractivity contribution in [1.82, 2.24) is 5.43 Å². The number of aromatic hydroxyl groups is 1. The number of nitrogens with zero attached hydrogens (tertiary/aromatic N) is 1. The average molecular weight is 478 g/mol. The maximum atomic E-state index is 12.9. The van der Waals surface area contributed by atoms with Gasteiger partial charge < -0.3 is 9.84 Å². The second-order valence-corrected chi connectivity index (χ2v) is 6.19. The molecule has 0 unspecified atom stereocenters. The number of hydrogen-bond donors (Lipinski definition) is 2. The lowest BCUT2D eigenvalue weighted by atomic mass is 10.1. The van der Waals surface area contributed by atoms with Crippen LogP contribution in [0.3, 0.4) is 0 Å². The molecule has 0 aliphatic carbocycles. The Morgan fingerprint density at radius 2 is 2.04 bits per heavy atom. The van der Waals surface area contributed by atoms with Crippen LogP contribution in [0.4, 0.5) is 13.2 Å². The number of nitrogens with one attached hydrogen (secondary N) is 1. The number of hydrogen-bond acceptors (Lipinski definition) is 4. The smallest absolute Gasteiger partial charge is 0.417 e. The Labute approximate surface area is 161 Å². The van der Waals surface area contributed by atoms with Crippen molar-refractivity contribution < 1.29 is 27.8 Å². The Hall–Kier alpha value is -2.30. The van der Waals surface area contributed by atoms with Gasteiger partial charge in [-0.15, -0.1) is 0 Å². The molecular formula is C17H14F3IN2O3. The van der Waals surface area contributed by atoms with E-state index in [1.165, 1.54) is 24.4 Å². The van der Waals surface area contributed by atoms with Crippen molar-refractivity contribution in [3.05, 3.63) is 56.7 Å². The van der Waals surface area contributed by atoms with E-state index in [0.717, 1.165) is 12.1 Å². The maximum absolute atomic E-state index is 12.9. The number of amides is 1. The predicted molar refractivity (Wildman–Crippen MR) is 98.5 cm³/mol. The first kappa shape index (κ1) is 20.0. The fraction of sp³-hybridized carbons (Fsp3) is 0.176. The van der Waals surface area contributed by atoms with Crippen LogP contribution in [0, 0.1) is 3.57 Å². The number of carbonyl (C=O) groups excluding carboxylic acids is 1. The summed E-state index contributed by atoms with van der Waals surface area (Å²) in [5, 5.41) is 13.5. The fourth-order valence-electron chi connectivity index (χ4n) is 2.09. The van der Waals surface area contributed by atoms with Crippen LogP contribution in [0.2, 0.25) is 0 Å². The van der Waals surface area contributed by atoms with E-state index in [2.05, 4.69) is 10.5 Å². The van der Waals surface area contributed by atoms with Crippen LogP contribution >= 0.6 is 22.6 Å². The zero-order chi connectivity index (χ0) is 19.3. The van der Waals surface area contributed by atoms with E-state index < -0.39 is 23.2 Å². The van der Waals surface area contributed by atoms with Gasteiger partial charge >= 0.3 is 6.18 Å². The van der Waals surface area contributed by atoms with Crippen LogP contribution < -0.4 is 10.2 Å². The number of phenols is 1. The molecule has 0 aliphatic rings. The quantitative estimate of drug-likeness (QED) is 0.385. The second-order valence-electron chi connectivity index (χ2n) is 5.02. The van der Waals surface area contributed by atoms with Crippen molar-refractivity contribution in [2.24, 2.45) is 5.10 Å². The summed E-state index contributed by atoms with van der Waals surface area (Å²) in [6, 6.07) is 7.53. The minimum atomic E-state index is -4.64. The summed E-state index contributed by atoms with van der Waals surface area (Å²) in [4.78, 5) is 12.0. The van der Waals surface area contributed by atoms with Crippen LogP contribution in [0.5, 0.6) is 11.5 Å². The maximum Gasteiger partial charge on any atom is 0.417 e. The number of benzene rings is 2. The normalized spacial score (nSPS) is 11.6. The van der Waals surface area contributed by atoms with Crippen LogP contribution in [-0.2, 0) is 6.18 Å². The molecule has 0 bridgehead atoms. The summed E-state index contributed by atoms with van der Waals surface area (Å²) in [7, 11) is 0. The second kappa shape index (κ2) is 8.39. The van der Waals surface area contributed by atoms with Gasteiger partial charge in [-0.2, -0.15) is 18.3 Å². The van der Waals surface area contributed by atoms with Crippen molar-refractivity contribution in [2.75, 3.05) is 6.61 Å². The number of halogens is 4. The number of ether oxygens (including phenoxy) is 1. The molecular weight excluding hydrogens is 464 g/mol. The molecule has 0 spiro atoms. The largest absolute Gasteiger partial charge is 0.504 e. The standard InChI is InChI=1S/C17H14F3IN2O3/c1-2-26-14-8-10(7-13(21)15(14)24)9-22-23-16(25)11-5-3-4-6-12(11)17(18,19)20/h3-9,24H,2H2,1H3,(H,23,25). The van der Waals surface area contributed by atoms with Crippen LogP contribution in [0.25, 0.3) is 0 Å². The van der Waals surface area contributed by atoms with Crippen LogP contribution in [-0.4, -0.2) is 23.8 Å². The summed E-state index contributed by atoms with van der Waals surface area (Å²) in [5.74, 6) is -0.755. The Kier molecular flexibility index (Phi) is 6.46. The van der Waals surface area contributed by atoms with E-state index in [1.807, 2.05) is 22.6 Å². The highest BCUT2D eigenvalue weighted by molar-refractivity contribution is 14.1. The number of carbonyl (C=O) groups is 1. The molecule has 0 atom stereocenters. The van der Waals surface area contributed by atoms with Crippen molar-refractivity contribution in [3.8, 4) is 11.5 Å². The monoisotopic (exact) mass is 478 g/mol. The third-order valence-electron chi connectivity index (χ3n) is 3.21. The first-order valence-corrected chi connectivity index (χ1v) is 8.46. The topological polar surface area (TPSA) is 70.9 Å². The van der Waals surface area contributed by atoms with Gasteiger partial charge in [-0.25, -0.2) is 5.43 Å². The van der Waals surface area contributed by atoms with Crippen LogP contribution in [0.15, 0.2) is 41.5 Å². The fourth-order valence-corrected chi connectivity index (χ4v) is 2.71. The lowest BCUT2D eigenvalue weighted by Gasteiger charge is -2.11. The molecule has 5 nitrogen and oxygen atoms in total. The average Bonchev–Trinajstić information content (AvgIpc) is 2.58. The molecule has 9 heteroatoms. The number of hydrazone groups is 1. The van der Waals surface area contributed by atoms with Gasteiger partial charge in [0.1, 0.15) is 0 Å². The first-order valence-electron chi connectivity index (χ1n) is 7.39. The molecule has 0 saturated heterocycles. The molecule has 1 amide bonds. The van der Waals surface area contributed by atoms with Gasteiger partial charge in [0.15, 0.2) is 11.5 Å². The van der Waals surface area contributed by atoms with Gasteiger partial charge in [-0.1, -0.05) is 12.1 Å². The molecule has 0 radical (unpaired) electrons. The lowest BCUT2D eigenvalue weighted by molar-refractivity contribution is -0.137. The highest BCUT2D eigenvalue weighted by Gasteiger charge is 2.34. The molecule has 26 heavy (non-hydrogen) atoms. The highest BCUT2D eigenvalue weighted by Crippen LogP contribution is 2.33. The van der Waals surface area contributed by atoms with Gasteiger partial charge in [-0.3, -0.25) is 4.79 Å². The number of rotatable bonds is 5. The highest BCUT2D eigenvalue weighted by atomic mass is 127. The van der Waals surface area contributed by atoms with Gasteiger partial charge in [0.05, 0.1) is 27.5 Å². The van der Waals surface area contributed by atoms with E-state index in [0.29, 0.717) is 15.7 Å². The van der Waals surface area contributed by atoms with Crippen molar-refractivity contribution >= 4 is 34.7 Å². The Balaban J connectivity index is 2.18. The van der Waals surface area contributed by atoms with Crippen molar-refractivity contribution in [2.45, 2.75) is 13.1 Å². The van der Waals surface area contributed by atoms with Crippen molar-refractivity contribution in [1.29, 1.82) is 0 Å². The Morgan fingerprint density at radius 1 is 1.35 bits per heavy atom. The molecule has 0 saturated carbocycles. The SMILES string of the molecule is CCOc1cc(C=NNC(=O)c2ccccc2C(F)(F)F)cc(I)c1O. The van der Waals surface area contributed by atoms with Gasteiger partial charge in [0.25, 0.3) is 5.91 Å².